The van der Waals surface area contributed by atoms with Crippen LogP contribution in [0.2, 0.25) is 25.7 Å². The molecule has 6 heterocycles. The first-order valence-corrected chi connectivity index (χ1v) is 17.5. The minimum Gasteiger partial charge on any atom is -0.404 e. The number of aromatic nitrogens is 6. The molecule has 0 spiro atoms. The Labute approximate surface area is 234 Å². The Morgan fingerprint density at radius 2 is 2.08 bits per heavy atom. The van der Waals surface area contributed by atoms with E-state index in [0.717, 1.165) is 60.0 Å². The van der Waals surface area contributed by atoms with Crippen molar-refractivity contribution >= 4 is 36.4 Å². The lowest BCUT2D eigenvalue weighted by Crippen LogP contribution is -2.24. The zero-order chi connectivity index (χ0) is 27.7. The van der Waals surface area contributed by atoms with Gasteiger partial charge in [-0.1, -0.05) is 19.6 Å². The Hall–Kier alpha value is -4.01. The molecular weight excluding hydrogens is 520 g/mol. The quantitative estimate of drug-likeness (QED) is 0.166. The van der Waals surface area contributed by atoms with E-state index in [4.69, 9.17) is 9.15 Å². The fraction of sp³-hybridized carbons (Fsp3) is 0.414. The SMILES string of the molecule is C[Si](C)(C)CCOCn1ccc2c(-c3ccn(C[C@@H](C#N)C4CCN(c5nc6cccnc6o5)C4)c3)ncnc21. The monoisotopic (exact) mass is 554 g/mol. The molecule has 10 nitrogen and oxygen atoms in total. The van der Waals surface area contributed by atoms with Gasteiger partial charge in [-0.3, -0.25) is 0 Å². The van der Waals surface area contributed by atoms with Gasteiger partial charge in [-0.25, -0.2) is 15.0 Å². The normalized spacial score (nSPS) is 16.6. The van der Waals surface area contributed by atoms with Gasteiger partial charge >= 0.3 is 0 Å². The van der Waals surface area contributed by atoms with Gasteiger partial charge in [-0.05, 0) is 42.6 Å². The molecule has 40 heavy (non-hydrogen) atoms. The van der Waals surface area contributed by atoms with E-state index < -0.39 is 8.07 Å². The Kier molecular flexibility index (Phi) is 7.12. The Bertz CT molecular complexity index is 1630. The second-order valence-electron chi connectivity index (χ2n) is 11.7. The van der Waals surface area contributed by atoms with Crippen LogP contribution in [0.15, 0.2) is 59.8 Å². The third kappa shape index (κ3) is 5.50. The van der Waals surface area contributed by atoms with Gasteiger partial charge in [0.1, 0.15) is 24.2 Å². The summed E-state index contributed by atoms with van der Waals surface area (Å²) in [5.41, 5.74) is 4.05. The number of hydrogen-bond acceptors (Lipinski definition) is 8. The summed E-state index contributed by atoms with van der Waals surface area (Å²) in [5, 5.41) is 11.0. The van der Waals surface area contributed by atoms with Gasteiger partial charge < -0.3 is 23.2 Å². The van der Waals surface area contributed by atoms with Crippen molar-refractivity contribution in [2.75, 3.05) is 24.6 Å². The van der Waals surface area contributed by atoms with Crippen LogP contribution in [-0.4, -0.2) is 56.8 Å². The second-order valence-corrected chi connectivity index (χ2v) is 17.4. The van der Waals surface area contributed by atoms with Crippen molar-refractivity contribution in [3.8, 4) is 17.3 Å². The maximum absolute atomic E-state index is 10.1. The Balaban J connectivity index is 1.12. The lowest BCUT2D eigenvalue weighted by atomic mass is 9.93. The largest absolute Gasteiger partial charge is 0.404 e. The van der Waals surface area contributed by atoms with Gasteiger partial charge in [0, 0.05) is 70.1 Å². The van der Waals surface area contributed by atoms with E-state index in [2.05, 4.69) is 73.4 Å². The van der Waals surface area contributed by atoms with Crippen LogP contribution in [-0.2, 0) is 18.0 Å². The molecule has 206 valence electrons. The zero-order valence-electron chi connectivity index (χ0n) is 23.2. The number of anilines is 1. The van der Waals surface area contributed by atoms with Crippen molar-refractivity contribution < 1.29 is 9.15 Å². The fourth-order valence-corrected chi connectivity index (χ4v) is 6.04. The average Bonchev–Trinajstić information content (AvgIpc) is 3.74. The summed E-state index contributed by atoms with van der Waals surface area (Å²) in [6.45, 7) is 10.5. The smallest absolute Gasteiger partial charge is 0.299 e. The minimum absolute atomic E-state index is 0.132. The first-order chi connectivity index (χ1) is 19.4. The number of fused-ring (bicyclic) bond motifs is 2. The molecule has 5 aromatic rings. The van der Waals surface area contributed by atoms with Crippen molar-refractivity contribution in [1.82, 2.24) is 29.1 Å². The summed E-state index contributed by atoms with van der Waals surface area (Å²) in [5.74, 6) is 0.0899. The van der Waals surface area contributed by atoms with Crippen molar-refractivity contribution in [3.05, 3.63) is 55.4 Å². The number of oxazole rings is 1. The fourth-order valence-electron chi connectivity index (χ4n) is 5.28. The highest BCUT2D eigenvalue weighted by Gasteiger charge is 2.32. The van der Waals surface area contributed by atoms with E-state index in [-0.39, 0.29) is 11.8 Å². The first-order valence-electron chi connectivity index (χ1n) is 13.8. The lowest BCUT2D eigenvalue weighted by molar-refractivity contribution is 0.0899. The third-order valence-corrected chi connectivity index (χ3v) is 9.30. The number of pyridine rings is 1. The van der Waals surface area contributed by atoms with Crippen LogP contribution in [0.3, 0.4) is 0 Å². The summed E-state index contributed by atoms with van der Waals surface area (Å²) in [6, 6.07) is 12.1. The molecule has 0 saturated carbocycles. The highest BCUT2D eigenvalue weighted by Crippen LogP contribution is 2.31. The van der Waals surface area contributed by atoms with E-state index in [1.165, 1.54) is 0 Å². The molecule has 0 radical (unpaired) electrons. The van der Waals surface area contributed by atoms with Crippen molar-refractivity contribution in [1.29, 1.82) is 5.26 Å². The highest BCUT2D eigenvalue weighted by molar-refractivity contribution is 6.76. The molecule has 1 unspecified atom stereocenters. The van der Waals surface area contributed by atoms with Crippen molar-refractivity contribution in [2.45, 2.75) is 45.4 Å². The van der Waals surface area contributed by atoms with E-state index in [0.29, 0.717) is 25.0 Å². The molecule has 1 fully saturated rings. The minimum atomic E-state index is -1.13. The number of nitrogens with zero attached hydrogens (tertiary/aromatic N) is 8. The van der Waals surface area contributed by atoms with Crippen LogP contribution in [0, 0.1) is 23.2 Å². The van der Waals surface area contributed by atoms with Crippen LogP contribution in [0.1, 0.15) is 6.42 Å². The van der Waals surface area contributed by atoms with Crippen LogP contribution in [0.5, 0.6) is 0 Å². The predicted molar refractivity (Wildman–Crippen MR) is 156 cm³/mol. The highest BCUT2D eigenvalue weighted by atomic mass is 28.3. The van der Waals surface area contributed by atoms with Crippen molar-refractivity contribution in [3.63, 3.8) is 0 Å². The standard InChI is InChI=1S/C29H34N8O2Si/c1-40(2,3)14-13-38-20-37-12-8-24-26(32-19-33-27(24)37)22-6-10-35(16-22)17-23(15-30)21-7-11-36(18-21)29-34-25-5-4-9-31-28(25)39-29/h4-6,8-10,12,16,19,21,23H,7,11,13-14,17-18,20H2,1-3H3/t21?,23-/m1/s1. The maximum Gasteiger partial charge on any atom is 0.299 e. The summed E-state index contributed by atoms with van der Waals surface area (Å²) >= 11 is 0. The molecule has 0 aliphatic carbocycles. The van der Waals surface area contributed by atoms with Crippen LogP contribution >= 0.6 is 0 Å². The first kappa shape index (κ1) is 26.2. The van der Waals surface area contributed by atoms with Gasteiger partial charge in [0.2, 0.25) is 5.71 Å². The number of rotatable bonds is 10. The molecule has 2 atom stereocenters. The molecule has 0 N–H and O–H groups in total. The third-order valence-electron chi connectivity index (χ3n) is 7.60. The summed E-state index contributed by atoms with van der Waals surface area (Å²) in [4.78, 5) is 20.1. The lowest BCUT2D eigenvalue weighted by Gasteiger charge is -2.18. The molecular formula is C29H34N8O2Si. The van der Waals surface area contributed by atoms with E-state index >= 15 is 0 Å². The molecule has 1 saturated heterocycles. The van der Waals surface area contributed by atoms with E-state index in [1.54, 1.807) is 12.5 Å². The van der Waals surface area contributed by atoms with Gasteiger partial charge in [0.05, 0.1) is 17.7 Å². The zero-order valence-corrected chi connectivity index (χ0v) is 24.2. The topological polar surface area (TPSA) is 111 Å². The molecule has 1 aliphatic heterocycles. The number of nitriles is 1. The number of hydrogen-bond donors (Lipinski definition) is 0. The number of ether oxygens (including phenoxy) is 1. The van der Waals surface area contributed by atoms with Gasteiger partial charge in [0.25, 0.3) is 6.01 Å². The molecule has 0 aromatic carbocycles. The van der Waals surface area contributed by atoms with Gasteiger partial charge in [-0.2, -0.15) is 10.2 Å². The molecule has 0 bridgehead atoms. The summed E-state index contributed by atoms with van der Waals surface area (Å²) < 4.78 is 15.9. The van der Waals surface area contributed by atoms with E-state index in [1.807, 2.05) is 29.1 Å². The molecule has 5 aromatic heterocycles. The summed E-state index contributed by atoms with van der Waals surface area (Å²) in [7, 11) is -1.13. The molecule has 11 heteroatoms. The van der Waals surface area contributed by atoms with Crippen LogP contribution in [0.25, 0.3) is 33.5 Å². The predicted octanol–water partition coefficient (Wildman–Crippen LogP) is 5.41. The van der Waals surface area contributed by atoms with Crippen molar-refractivity contribution in [2.24, 2.45) is 11.8 Å². The maximum atomic E-state index is 10.1. The Morgan fingerprint density at radius 1 is 1.18 bits per heavy atom. The second kappa shape index (κ2) is 10.9. The molecule has 0 amide bonds. The van der Waals surface area contributed by atoms with Gasteiger partial charge in [-0.15, -0.1) is 0 Å². The van der Waals surface area contributed by atoms with Crippen LogP contribution in [0.4, 0.5) is 6.01 Å². The molecule has 1 aliphatic rings. The van der Waals surface area contributed by atoms with Gasteiger partial charge in [0.15, 0.2) is 0 Å². The van der Waals surface area contributed by atoms with E-state index in [9.17, 15) is 5.26 Å². The average molecular weight is 555 g/mol. The Morgan fingerprint density at radius 3 is 2.90 bits per heavy atom. The van der Waals surface area contributed by atoms with Crippen LogP contribution < -0.4 is 4.90 Å². The summed E-state index contributed by atoms with van der Waals surface area (Å²) in [6.07, 6.45) is 10.3. The molecule has 6 rings (SSSR count).